The zero-order valence-electron chi connectivity index (χ0n) is 17.2. The van der Waals surface area contributed by atoms with Gasteiger partial charge >= 0.3 is 0 Å². The van der Waals surface area contributed by atoms with Crippen LogP contribution in [0.4, 0.5) is 0 Å². The summed E-state index contributed by atoms with van der Waals surface area (Å²) in [5.41, 5.74) is 0. The van der Waals surface area contributed by atoms with Crippen LogP contribution in [-0.4, -0.2) is 101 Å². The van der Waals surface area contributed by atoms with E-state index in [-0.39, 0.29) is 25.7 Å². The molecule has 0 fully saturated rings. The van der Waals surface area contributed by atoms with E-state index in [9.17, 15) is 25.5 Å². The monoisotopic (exact) mass is 430 g/mol. The van der Waals surface area contributed by atoms with Crippen molar-refractivity contribution in [3.05, 3.63) is 0 Å². The summed E-state index contributed by atoms with van der Waals surface area (Å²) in [6, 6.07) is 0. The van der Waals surface area contributed by atoms with Crippen molar-refractivity contribution >= 4 is 12.6 Å². The van der Waals surface area contributed by atoms with Gasteiger partial charge in [0.25, 0.3) is 0 Å². The highest BCUT2D eigenvalue weighted by Gasteiger charge is 2.32. The number of aliphatic hydroxyl groups is 5. The van der Waals surface area contributed by atoms with E-state index in [1.165, 1.54) is 6.92 Å². The molecule has 0 radical (unpaired) electrons. The molecule has 2 unspecified atom stereocenters. The molecule has 10 heteroatoms. The fourth-order valence-corrected chi connectivity index (χ4v) is 2.34. The van der Waals surface area contributed by atoms with Crippen LogP contribution in [0.2, 0.25) is 0 Å². The maximum absolute atomic E-state index is 9.74. The van der Waals surface area contributed by atoms with Crippen LogP contribution in [0, 0.1) is 11.8 Å². The Bertz CT molecular complexity index is 375. The molecule has 5 N–H and O–H groups in total. The van der Waals surface area contributed by atoms with Gasteiger partial charge in [0.15, 0.2) is 12.6 Å². The predicted molar refractivity (Wildman–Crippen MR) is 106 cm³/mol. The minimum atomic E-state index is -0.948. The van der Waals surface area contributed by atoms with E-state index in [2.05, 4.69) is 12.6 Å². The molecule has 0 aliphatic heterocycles. The van der Waals surface area contributed by atoms with Crippen LogP contribution in [0.15, 0.2) is 0 Å². The lowest BCUT2D eigenvalue weighted by molar-refractivity contribution is -0.274. The van der Waals surface area contributed by atoms with Gasteiger partial charge in [-0.15, -0.1) is 0 Å². The van der Waals surface area contributed by atoms with Gasteiger partial charge in [-0.3, -0.25) is 0 Å². The number of thiol groups is 1. The van der Waals surface area contributed by atoms with E-state index in [1.807, 2.05) is 0 Å². The highest BCUT2D eigenvalue weighted by molar-refractivity contribution is 7.80. The van der Waals surface area contributed by atoms with E-state index in [0.717, 1.165) is 0 Å². The van der Waals surface area contributed by atoms with Crippen LogP contribution in [0.5, 0.6) is 0 Å². The Morgan fingerprint density at radius 2 is 1.21 bits per heavy atom. The highest BCUT2D eigenvalue weighted by Crippen LogP contribution is 2.20. The van der Waals surface area contributed by atoms with Crippen molar-refractivity contribution in [2.45, 2.75) is 64.7 Å². The molecule has 0 aromatic carbocycles. The number of rotatable bonds is 17. The van der Waals surface area contributed by atoms with Crippen molar-refractivity contribution in [2.24, 2.45) is 11.8 Å². The van der Waals surface area contributed by atoms with E-state index in [0.29, 0.717) is 12.4 Å². The summed E-state index contributed by atoms with van der Waals surface area (Å²) in [7, 11) is 0. The van der Waals surface area contributed by atoms with Gasteiger partial charge in [-0.25, -0.2) is 0 Å². The van der Waals surface area contributed by atoms with Crippen LogP contribution in [0.25, 0.3) is 0 Å². The number of aliphatic hydroxyl groups excluding tert-OH is 5. The standard InChI is InChI=1S/C18H38O9S/c1-11(7-19)17(24-5-6-28)27-16(10-22)14(4)25-18(12(2)8-20)26-15(9-21)13(3)23/h11-23,28H,5-10H2,1-4H3/t11-,12-,13-,14-,15?,16?,17+,18+/m0/s1. The van der Waals surface area contributed by atoms with Gasteiger partial charge < -0.3 is 44.5 Å². The average Bonchev–Trinajstić information content (AvgIpc) is 2.69. The van der Waals surface area contributed by atoms with E-state index >= 15 is 0 Å². The van der Waals surface area contributed by atoms with Crippen LogP contribution in [-0.2, 0) is 18.9 Å². The second kappa shape index (κ2) is 15.8. The molecule has 170 valence electrons. The molecule has 0 bridgehead atoms. The molecule has 8 atom stereocenters. The zero-order chi connectivity index (χ0) is 21.7. The van der Waals surface area contributed by atoms with Crippen LogP contribution >= 0.6 is 12.6 Å². The Morgan fingerprint density at radius 1 is 0.714 bits per heavy atom. The van der Waals surface area contributed by atoms with Gasteiger partial charge in [-0.05, 0) is 13.8 Å². The fourth-order valence-electron chi connectivity index (χ4n) is 2.23. The van der Waals surface area contributed by atoms with Crippen LogP contribution in [0.1, 0.15) is 27.7 Å². The molecule has 9 nitrogen and oxygen atoms in total. The highest BCUT2D eigenvalue weighted by atomic mass is 32.1. The van der Waals surface area contributed by atoms with Gasteiger partial charge in [0.1, 0.15) is 12.2 Å². The topological polar surface area (TPSA) is 138 Å². The van der Waals surface area contributed by atoms with Gasteiger partial charge in [0.2, 0.25) is 0 Å². The molecule has 0 aliphatic carbocycles. The van der Waals surface area contributed by atoms with Gasteiger partial charge in [0.05, 0.1) is 45.2 Å². The molecule has 0 spiro atoms. The lowest BCUT2D eigenvalue weighted by Gasteiger charge is -2.35. The summed E-state index contributed by atoms with van der Waals surface area (Å²) in [5.74, 6) is -0.319. The second-order valence-corrected chi connectivity index (χ2v) is 7.39. The van der Waals surface area contributed by atoms with Crippen molar-refractivity contribution < 1.29 is 44.5 Å². The Morgan fingerprint density at radius 3 is 1.64 bits per heavy atom. The third-order valence-corrected chi connectivity index (χ3v) is 4.45. The number of hydrogen-bond acceptors (Lipinski definition) is 10. The predicted octanol–water partition coefficient (Wildman–Crippen LogP) is -0.617. The molecule has 0 aromatic heterocycles. The Hall–Kier alpha value is -0.0100. The molecule has 0 saturated carbocycles. The summed E-state index contributed by atoms with van der Waals surface area (Å²) >= 11 is 4.08. The van der Waals surface area contributed by atoms with Crippen molar-refractivity contribution in [3.8, 4) is 0 Å². The fraction of sp³-hybridized carbons (Fsp3) is 1.00. The first kappa shape index (κ1) is 28.0. The van der Waals surface area contributed by atoms with E-state index in [4.69, 9.17) is 18.9 Å². The average molecular weight is 431 g/mol. The first-order valence-electron chi connectivity index (χ1n) is 9.55. The van der Waals surface area contributed by atoms with E-state index in [1.54, 1.807) is 20.8 Å². The maximum atomic E-state index is 9.74. The number of hydrogen-bond donors (Lipinski definition) is 6. The third-order valence-electron chi connectivity index (χ3n) is 4.27. The van der Waals surface area contributed by atoms with Crippen molar-refractivity contribution in [1.29, 1.82) is 0 Å². The minimum absolute atomic E-state index is 0.162. The molecule has 0 saturated heterocycles. The molecular formula is C18H38O9S. The van der Waals surface area contributed by atoms with Crippen molar-refractivity contribution in [2.75, 3.05) is 38.8 Å². The van der Waals surface area contributed by atoms with Gasteiger partial charge in [-0.1, -0.05) is 13.8 Å². The quantitative estimate of drug-likeness (QED) is 0.132. The lowest BCUT2D eigenvalue weighted by Crippen LogP contribution is -2.45. The number of ether oxygens (including phenoxy) is 4. The normalized spacial score (nSPS) is 20.8. The second-order valence-electron chi connectivity index (χ2n) is 6.95. The summed E-state index contributed by atoms with van der Waals surface area (Å²) in [4.78, 5) is 0. The molecule has 0 rings (SSSR count). The zero-order valence-corrected chi connectivity index (χ0v) is 18.1. The molecule has 0 heterocycles. The molecule has 28 heavy (non-hydrogen) atoms. The SMILES string of the molecule is C[C@H](O)C(CO)O[C@@H](O[C@@H](C)C(CO)O[C@@H](OCCS)[C@@H](C)CO)[C@@H](C)CO. The van der Waals surface area contributed by atoms with Crippen molar-refractivity contribution in [3.63, 3.8) is 0 Å². The largest absolute Gasteiger partial charge is 0.396 e. The minimum Gasteiger partial charge on any atom is -0.396 e. The molecule has 0 amide bonds. The summed E-state index contributed by atoms with van der Waals surface area (Å²) in [5, 5.41) is 47.6. The third kappa shape index (κ3) is 10.1. The molecule has 0 aromatic rings. The molecule has 0 aliphatic rings. The van der Waals surface area contributed by atoms with Crippen LogP contribution in [0.3, 0.4) is 0 Å². The summed E-state index contributed by atoms with van der Waals surface area (Å²) in [6.07, 6.45) is -5.01. The summed E-state index contributed by atoms with van der Waals surface area (Å²) < 4.78 is 22.8. The smallest absolute Gasteiger partial charge is 0.163 e. The van der Waals surface area contributed by atoms with Gasteiger partial charge in [-0.2, -0.15) is 12.6 Å². The Labute approximate surface area is 173 Å². The Kier molecular flexibility index (Phi) is 15.8. The Balaban J connectivity index is 5.12. The van der Waals surface area contributed by atoms with Crippen molar-refractivity contribution in [1.82, 2.24) is 0 Å². The first-order chi connectivity index (χ1) is 13.2. The van der Waals surface area contributed by atoms with Crippen LogP contribution < -0.4 is 0 Å². The lowest BCUT2D eigenvalue weighted by atomic mass is 10.1. The maximum Gasteiger partial charge on any atom is 0.163 e. The van der Waals surface area contributed by atoms with Gasteiger partial charge in [0, 0.05) is 17.6 Å². The van der Waals surface area contributed by atoms with E-state index < -0.39 is 49.5 Å². The molecular weight excluding hydrogens is 392 g/mol. The first-order valence-corrected chi connectivity index (χ1v) is 10.2. The summed E-state index contributed by atoms with van der Waals surface area (Å²) in [6.45, 7) is 5.69.